The Balaban J connectivity index is 0.00000191. The van der Waals surface area contributed by atoms with Gasteiger partial charge in [-0.1, -0.05) is 45.2 Å². The Labute approximate surface area is 126 Å². The van der Waals surface area contributed by atoms with Gasteiger partial charge in [0, 0.05) is 19.2 Å². The van der Waals surface area contributed by atoms with Crippen molar-refractivity contribution in [3.05, 3.63) is 55.2 Å². The Hall–Kier alpha value is -2.14. The third-order valence-electron chi connectivity index (χ3n) is 2.58. The topological polar surface area (TPSA) is 70.1 Å². The van der Waals surface area contributed by atoms with Gasteiger partial charge in [0.05, 0.1) is 19.1 Å². The van der Waals surface area contributed by atoms with E-state index in [1.807, 2.05) is 30.7 Å². The molecule has 0 aliphatic rings. The van der Waals surface area contributed by atoms with E-state index in [1.54, 1.807) is 18.5 Å². The van der Waals surface area contributed by atoms with Crippen molar-refractivity contribution in [2.75, 3.05) is 7.11 Å². The number of aromatic nitrogens is 2. The molecule has 0 aromatic carbocycles. The molecule has 5 nitrogen and oxygen atoms in total. The molecule has 0 spiro atoms. The SMILES string of the molecule is C=C/C=C(\C=C)Cn1cnc(CC(N)C(=O)OC)c1.CC. The molecule has 21 heavy (non-hydrogen) atoms. The van der Waals surface area contributed by atoms with Crippen molar-refractivity contribution in [2.45, 2.75) is 32.9 Å². The Bertz CT molecular complexity index is 489. The quantitative estimate of drug-likeness (QED) is 0.618. The highest BCUT2D eigenvalue weighted by atomic mass is 16.5. The molecule has 1 heterocycles. The summed E-state index contributed by atoms with van der Waals surface area (Å²) < 4.78 is 6.47. The summed E-state index contributed by atoms with van der Waals surface area (Å²) in [5.74, 6) is -0.437. The van der Waals surface area contributed by atoms with Gasteiger partial charge in [-0.25, -0.2) is 4.98 Å². The van der Waals surface area contributed by atoms with Crippen LogP contribution in [0.2, 0.25) is 0 Å². The molecule has 0 fully saturated rings. The summed E-state index contributed by atoms with van der Waals surface area (Å²) in [5.41, 5.74) is 7.45. The number of carbonyl (C=O) groups is 1. The normalized spacial score (nSPS) is 11.9. The minimum Gasteiger partial charge on any atom is -0.468 e. The Morgan fingerprint density at radius 1 is 1.52 bits per heavy atom. The number of imidazole rings is 1. The van der Waals surface area contributed by atoms with E-state index in [-0.39, 0.29) is 0 Å². The lowest BCUT2D eigenvalue weighted by Crippen LogP contribution is -2.33. The summed E-state index contributed by atoms with van der Waals surface area (Å²) in [4.78, 5) is 15.4. The molecule has 1 rings (SSSR count). The highest BCUT2D eigenvalue weighted by Crippen LogP contribution is 2.05. The van der Waals surface area contributed by atoms with E-state index in [0.717, 1.165) is 11.3 Å². The Kier molecular flexibility index (Phi) is 9.54. The van der Waals surface area contributed by atoms with E-state index in [9.17, 15) is 4.79 Å². The number of rotatable bonds is 7. The first-order valence-corrected chi connectivity index (χ1v) is 6.88. The summed E-state index contributed by atoms with van der Waals surface area (Å²) >= 11 is 0. The Morgan fingerprint density at radius 3 is 2.71 bits per heavy atom. The average Bonchev–Trinajstić information content (AvgIpc) is 2.94. The molecule has 1 unspecified atom stereocenters. The van der Waals surface area contributed by atoms with Crippen LogP contribution in [0.5, 0.6) is 0 Å². The molecule has 1 atom stereocenters. The molecule has 116 valence electrons. The molecule has 0 amide bonds. The van der Waals surface area contributed by atoms with E-state index >= 15 is 0 Å². The highest BCUT2D eigenvalue weighted by Gasteiger charge is 2.15. The van der Waals surface area contributed by atoms with Crippen LogP contribution >= 0.6 is 0 Å². The number of nitrogens with zero attached hydrogens (tertiary/aromatic N) is 2. The van der Waals surface area contributed by atoms with Crippen molar-refractivity contribution in [3.63, 3.8) is 0 Å². The zero-order valence-corrected chi connectivity index (χ0v) is 13.1. The van der Waals surface area contributed by atoms with Gasteiger partial charge in [0.15, 0.2) is 0 Å². The first-order valence-electron chi connectivity index (χ1n) is 6.88. The summed E-state index contributed by atoms with van der Waals surface area (Å²) in [6.45, 7) is 12.0. The van der Waals surface area contributed by atoms with Crippen molar-refractivity contribution >= 4 is 5.97 Å². The number of hydrogen-bond acceptors (Lipinski definition) is 4. The lowest BCUT2D eigenvalue weighted by Gasteiger charge is -2.06. The summed E-state index contributed by atoms with van der Waals surface area (Å²) in [6.07, 6.45) is 9.26. The molecule has 2 N–H and O–H groups in total. The third-order valence-corrected chi connectivity index (χ3v) is 2.58. The first kappa shape index (κ1) is 18.9. The maximum absolute atomic E-state index is 11.2. The minimum atomic E-state index is -0.684. The second kappa shape index (κ2) is 10.6. The molecule has 0 aliphatic heterocycles. The smallest absolute Gasteiger partial charge is 0.323 e. The number of carbonyl (C=O) groups excluding carboxylic acids is 1. The number of methoxy groups -OCH3 is 1. The maximum atomic E-state index is 11.2. The lowest BCUT2D eigenvalue weighted by molar-refractivity contribution is -0.142. The van der Waals surface area contributed by atoms with Crippen LogP contribution in [0, 0.1) is 0 Å². The van der Waals surface area contributed by atoms with Gasteiger partial charge >= 0.3 is 5.97 Å². The van der Waals surface area contributed by atoms with Crippen LogP contribution in [-0.4, -0.2) is 28.7 Å². The predicted molar refractivity (Wildman–Crippen MR) is 85.7 cm³/mol. The van der Waals surface area contributed by atoms with Crippen LogP contribution in [-0.2, 0) is 22.5 Å². The fraction of sp³-hybridized carbons (Fsp3) is 0.375. The van der Waals surface area contributed by atoms with Gasteiger partial charge in [-0.05, 0) is 5.57 Å². The molecular formula is C16H25N3O2. The maximum Gasteiger partial charge on any atom is 0.323 e. The van der Waals surface area contributed by atoms with Crippen molar-refractivity contribution in [1.82, 2.24) is 9.55 Å². The molecule has 0 saturated heterocycles. The van der Waals surface area contributed by atoms with E-state index in [1.165, 1.54) is 7.11 Å². The third kappa shape index (κ3) is 6.72. The predicted octanol–water partition coefficient (Wildman–Crippen LogP) is 2.25. The molecule has 0 bridgehead atoms. The number of esters is 1. The number of hydrogen-bond donors (Lipinski definition) is 1. The summed E-state index contributed by atoms with van der Waals surface area (Å²) in [5, 5.41) is 0. The molecule has 0 aliphatic carbocycles. The van der Waals surface area contributed by atoms with E-state index < -0.39 is 12.0 Å². The molecular weight excluding hydrogens is 266 g/mol. The second-order valence-corrected chi connectivity index (χ2v) is 4.05. The minimum absolute atomic E-state index is 0.355. The first-order chi connectivity index (χ1) is 10.1. The fourth-order valence-corrected chi connectivity index (χ4v) is 1.61. The summed E-state index contributed by atoms with van der Waals surface area (Å²) in [6, 6.07) is -0.684. The highest BCUT2D eigenvalue weighted by molar-refractivity contribution is 5.75. The molecule has 1 aromatic heterocycles. The largest absolute Gasteiger partial charge is 0.468 e. The van der Waals surface area contributed by atoms with Crippen molar-refractivity contribution in [1.29, 1.82) is 0 Å². The molecule has 1 aromatic rings. The van der Waals surface area contributed by atoms with E-state index in [0.29, 0.717) is 13.0 Å². The summed E-state index contributed by atoms with van der Waals surface area (Å²) in [7, 11) is 1.32. The molecule has 0 saturated carbocycles. The Morgan fingerprint density at radius 2 is 2.19 bits per heavy atom. The number of ether oxygens (including phenoxy) is 1. The monoisotopic (exact) mass is 291 g/mol. The van der Waals surface area contributed by atoms with Gasteiger partial charge in [-0.3, -0.25) is 4.79 Å². The standard InChI is InChI=1S/C14H19N3O2.C2H6/c1-4-6-11(5-2)8-17-9-12(16-10-17)7-13(15)14(18)19-3;1-2/h4-6,9-10,13H,1-2,7-8,15H2,3H3;1-2H3/b11-6+;. The van der Waals surface area contributed by atoms with Gasteiger partial charge in [0.25, 0.3) is 0 Å². The van der Waals surface area contributed by atoms with Gasteiger partial charge in [0.2, 0.25) is 0 Å². The average molecular weight is 291 g/mol. The van der Waals surface area contributed by atoms with Gasteiger partial charge in [-0.2, -0.15) is 0 Å². The van der Waals surface area contributed by atoms with Crippen LogP contribution in [0.15, 0.2) is 49.5 Å². The molecule has 5 heteroatoms. The van der Waals surface area contributed by atoms with Crippen LogP contribution in [0.25, 0.3) is 0 Å². The van der Waals surface area contributed by atoms with Crippen LogP contribution in [0.4, 0.5) is 0 Å². The van der Waals surface area contributed by atoms with Crippen LogP contribution in [0.3, 0.4) is 0 Å². The zero-order valence-electron chi connectivity index (χ0n) is 13.1. The van der Waals surface area contributed by atoms with E-state index in [4.69, 9.17) is 5.73 Å². The van der Waals surface area contributed by atoms with Crippen molar-refractivity contribution < 1.29 is 9.53 Å². The second-order valence-electron chi connectivity index (χ2n) is 4.05. The van der Waals surface area contributed by atoms with Crippen molar-refractivity contribution in [3.8, 4) is 0 Å². The molecule has 0 radical (unpaired) electrons. The van der Waals surface area contributed by atoms with Gasteiger partial charge < -0.3 is 15.0 Å². The lowest BCUT2D eigenvalue weighted by atomic mass is 10.2. The fourth-order valence-electron chi connectivity index (χ4n) is 1.61. The van der Waals surface area contributed by atoms with Crippen LogP contribution in [0.1, 0.15) is 19.5 Å². The van der Waals surface area contributed by atoms with E-state index in [2.05, 4.69) is 22.9 Å². The zero-order chi connectivity index (χ0) is 16.3. The number of nitrogens with two attached hydrogens (primary N) is 1. The van der Waals surface area contributed by atoms with Crippen molar-refractivity contribution in [2.24, 2.45) is 5.73 Å². The van der Waals surface area contributed by atoms with Gasteiger partial charge in [-0.15, -0.1) is 0 Å². The van der Waals surface area contributed by atoms with Crippen LogP contribution < -0.4 is 5.73 Å². The van der Waals surface area contributed by atoms with Gasteiger partial charge in [0.1, 0.15) is 6.04 Å². The number of allylic oxidation sites excluding steroid dienone is 4.